The van der Waals surface area contributed by atoms with E-state index in [-0.39, 0.29) is 0 Å². The number of benzene rings is 3. The number of hydrogen-bond donors (Lipinski definition) is 1. The van der Waals surface area contributed by atoms with Gasteiger partial charge in [-0.15, -0.1) is 0 Å². The average molecular weight is 300 g/mol. The van der Waals surface area contributed by atoms with Crippen LogP contribution in [0.1, 0.15) is 0 Å². The summed E-state index contributed by atoms with van der Waals surface area (Å²) >= 11 is 0. The highest BCUT2D eigenvalue weighted by Crippen LogP contribution is 2.31. The first-order valence-electron chi connectivity index (χ1n) is 7.53. The predicted molar refractivity (Wildman–Crippen MR) is 95.5 cm³/mol. The zero-order valence-corrected chi connectivity index (χ0v) is 12.8. The smallest absolute Gasteiger partial charge is 0.119 e. The number of ether oxygens (including phenoxy) is 1. The van der Waals surface area contributed by atoms with Gasteiger partial charge in [-0.25, -0.2) is 0 Å². The van der Waals surface area contributed by atoms with Gasteiger partial charge in [0.1, 0.15) is 5.75 Å². The first-order valence-corrected chi connectivity index (χ1v) is 7.53. The van der Waals surface area contributed by atoms with Gasteiger partial charge in [0.2, 0.25) is 0 Å². The number of hydrogen-bond acceptors (Lipinski definition) is 3. The molecule has 0 radical (unpaired) electrons. The lowest BCUT2D eigenvalue weighted by atomic mass is 10.1. The minimum atomic E-state index is 0.825. The molecule has 0 aliphatic carbocycles. The lowest BCUT2D eigenvalue weighted by Gasteiger charge is -2.12. The summed E-state index contributed by atoms with van der Waals surface area (Å²) in [6, 6.07) is 22.5. The Kier molecular flexibility index (Phi) is 3.31. The topological polar surface area (TPSA) is 34.1 Å². The molecule has 3 aromatic carbocycles. The van der Waals surface area contributed by atoms with E-state index in [1.54, 1.807) is 7.11 Å². The van der Waals surface area contributed by atoms with Gasteiger partial charge in [0.05, 0.1) is 12.6 Å². The first-order chi connectivity index (χ1) is 11.3. The third-order valence-electron chi connectivity index (χ3n) is 4.01. The van der Waals surface area contributed by atoms with Crippen LogP contribution in [0.3, 0.4) is 0 Å². The van der Waals surface area contributed by atoms with Gasteiger partial charge in [0, 0.05) is 28.3 Å². The highest BCUT2D eigenvalue weighted by atomic mass is 16.5. The Bertz CT molecular complexity index is 990. The first kappa shape index (κ1) is 13.6. The van der Waals surface area contributed by atoms with Crippen molar-refractivity contribution in [2.45, 2.75) is 0 Å². The number of aromatic nitrogens is 1. The maximum Gasteiger partial charge on any atom is 0.119 e. The Hall–Kier alpha value is -3.07. The van der Waals surface area contributed by atoms with Crippen LogP contribution in [-0.2, 0) is 0 Å². The van der Waals surface area contributed by atoms with Gasteiger partial charge < -0.3 is 10.1 Å². The molecule has 4 aromatic rings. The molecule has 0 aliphatic rings. The van der Waals surface area contributed by atoms with Crippen LogP contribution in [0.5, 0.6) is 5.75 Å². The molecule has 1 heterocycles. The number of methoxy groups -OCH3 is 1. The van der Waals surface area contributed by atoms with E-state index in [0.29, 0.717) is 0 Å². The Morgan fingerprint density at radius 3 is 2.57 bits per heavy atom. The molecule has 0 fully saturated rings. The van der Waals surface area contributed by atoms with Crippen LogP contribution < -0.4 is 10.1 Å². The van der Waals surface area contributed by atoms with Crippen LogP contribution in [0.15, 0.2) is 72.9 Å². The van der Waals surface area contributed by atoms with Crippen molar-refractivity contribution in [3.8, 4) is 5.75 Å². The van der Waals surface area contributed by atoms with Crippen LogP contribution in [0.2, 0.25) is 0 Å². The molecular formula is C20H16N2O. The molecule has 0 amide bonds. The summed E-state index contributed by atoms with van der Waals surface area (Å²) in [5.74, 6) is 0.825. The van der Waals surface area contributed by atoms with Crippen LogP contribution in [-0.4, -0.2) is 12.1 Å². The van der Waals surface area contributed by atoms with E-state index in [4.69, 9.17) is 4.74 Å². The number of nitrogens with zero attached hydrogens (tertiary/aromatic N) is 1. The van der Waals surface area contributed by atoms with Crippen molar-refractivity contribution in [2.75, 3.05) is 12.4 Å². The molecule has 1 aromatic heterocycles. The third-order valence-corrected chi connectivity index (χ3v) is 4.01. The Balaban J connectivity index is 1.86. The van der Waals surface area contributed by atoms with Crippen molar-refractivity contribution in [1.82, 2.24) is 4.98 Å². The zero-order valence-electron chi connectivity index (χ0n) is 12.8. The third kappa shape index (κ3) is 2.46. The second-order valence-corrected chi connectivity index (χ2v) is 5.39. The van der Waals surface area contributed by atoms with Gasteiger partial charge in [-0.1, -0.05) is 36.4 Å². The van der Waals surface area contributed by atoms with Crippen molar-refractivity contribution >= 4 is 33.1 Å². The van der Waals surface area contributed by atoms with Gasteiger partial charge in [0.15, 0.2) is 0 Å². The summed E-state index contributed by atoms with van der Waals surface area (Å²) in [4.78, 5) is 4.43. The summed E-state index contributed by atoms with van der Waals surface area (Å²) in [6.07, 6.45) is 1.82. The quantitative estimate of drug-likeness (QED) is 0.569. The van der Waals surface area contributed by atoms with Gasteiger partial charge in [-0.3, -0.25) is 4.98 Å². The van der Waals surface area contributed by atoms with Crippen LogP contribution in [0.25, 0.3) is 21.7 Å². The lowest BCUT2D eigenvalue weighted by molar-refractivity contribution is 0.415. The van der Waals surface area contributed by atoms with Crippen molar-refractivity contribution in [3.63, 3.8) is 0 Å². The molecule has 0 saturated heterocycles. The molecule has 0 aliphatic heterocycles. The van der Waals surface area contributed by atoms with Crippen molar-refractivity contribution in [1.29, 1.82) is 0 Å². The summed E-state index contributed by atoms with van der Waals surface area (Å²) in [7, 11) is 1.68. The van der Waals surface area contributed by atoms with Crippen molar-refractivity contribution in [3.05, 3.63) is 72.9 Å². The van der Waals surface area contributed by atoms with E-state index >= 15 is 0 Å². The molecule has 0 spiro atoms. The summed E-state index contributed by atoms with van der Waals surface area (Å²) in [5.41, 5.74) is 3.04. The highest BCUT2D eigenvalue weighted by Gasteiger charge is 2.06. The summed E-state index contributed by atoms with van der Waals surface area (Å²) < 4.78 is 5.34. The monoisotopic (exact) mass is 300 g/mol. The largest absolute Gasteiger partial charge is 0.497 e. The maximum atomic E-state index is 5.34. The Labute approximate surface area is 134 Å². The summed E-state index contributed by atoms with van der Waals surface area (Å²) in [6.45, 7) is 0. The second kappa shape index (κ2) is 5.61. The Morgan fingerprint density at radius 2 is 1.65 bits per heavy atom. The van der Waals surface area contributed by atoms with E-state index in [1.807, 2.05) is 30.5 Å². The molecule has 112 valence electrons. The molecule has 1 N–H and O–H groups in total. The molecule has 23 heavy (non-hydrogen) atoms. The van der Waals surface area contributed by atoms with Gasteiger partial charge in [-0.05, 0) is 35.7 Å². The zero-order chi connectivity index (χ0) is 15.6. The second-order valence-electron chi connectivity index (χ2n) is 5.39. The fourth-order valence-corrected chi connectivity index (χ4v) is 2.84. The predicted octanol–water partition coefficient (Wildman–Crippen LogP) is 5.14. The SMILES string of the molecule is COc1ccc2nccc(Nc3cccc4ccccc34)c2c1. The van der Waals surface area contributed by atoms with Crippen LogP contribution in [0.4, 0.5) is 11.4 Å². The molecule has 0 unspecified atom stereocenters. The Morgan fingerprint density at radius 1 is 0.826 bits per heavy atom. The lowest BCUT2D eigenvalue weighted by Crippen LogP contribution is -1.94. The van der Waals surface area contributed by atoms with Gasteiger partial charge in [0.25, 0.3) is 0 Å². The van der Waals surface area contributed by atoms with Gasteiger partial charge in [-0.2, -0.15) is 0 Å². The maximum absolute atomic E-state index is 5.34. The van der Waals surface area contributed by atoms with Gasteiger partial charge >= 0.3 is 0 Å². The summed E-state index contributed by atoms with van der Waals surface area (Å²) in [5, 5.41) is 7.00. The fourth-order valence-electron chi connectivity index (χ4n) is 2.84. The molecule has 4 rings (SSSR count). The number of fused-ring (bicyclic) bond motifs is 2. The number of nitrogens with one attached hydrogen (secondary N) is 1. The van der Waals surface area contributed by atoms with Crippen LogP contribution >= 0.6 is 0 Å². The van der Waals surface area contributed by atoms with Crippen molar-refractivity contribution in [2.24, 2.45) is 0 Å². The fraction of sp³-hybridized carbons (Fsp3) is 0.0500. The van der Waals surface area contributed by atoms with E-state index in [2.05, 4.69) is 52.8 Å². The molecular weight excluding hydrogens is 284 g/mol. The molecule has 0 saturated carbocycles. The molecule has 3 nitrogen and oxygen atoms in total. The molecule has 0 atom stereocenters. The molecule has 3 heteroatoms. The van der Waals surface area contributed by atoms with E-state index in [0.717, 1.165) is 28.0 Å². The standard InChI is InChI=1S/C20H16N2O/c1-23-15-9-10-18-17(13-15)20(11-12-21-18)22-19-8-4-6-14-5-2-3-7-16(14)19/h2-13H,1H3,(H,21,22). The number of anilines is 2. The van der Waals surface area contributed by atoms with Crippen molar-refractivity contribution < 1.29 is 4.74 Å². The van der Waals surface area contributed by atoms with E-state index in [1.165, 1.54) is 10.8 Å². The number of rotatable bonds is 3. The van der Waals surface area contributed by atoms with Crippen LogP contribution in [0, 0.1) is 0 Å². The minimum Gasteiger partial charge on any atom is -0.497 e. The van der Waals surface area contributed by atoms with E-state index in [9.17, 15) is 0 Å². The number of pyridine rings is 1. The van der Waals surface area contributed by atoms with E-state index < -0.39 is 0 Å². The highest BCUT2D eigenvalue weighted by molar-refractivity contribution is 5.99. The normalized spacial score (nSPS) is 10.8. The minimum absolute atomic E-state index is 0.825. The molecule has 0 bridgehead atoms. The average Bonchev–Trinajstić information content (AvgIpc) is 2.62.